The summed E-state index contributed by atoms with van der Waals surface area (Å²) in [5, 5.41) is 4.26. The number of likely N-dealkylation sites (tertiary alicyclic amines) is 1. The SMILES string of the molecule is CN1CCC(N(C)CC=CC(=O)N2CCc3c(sc4ncnc(Nc5ccc(F)c(Cl)c5)c34)C2)C1. The van der Waals surface area contributed by atoms with E-state index >= 15 is 0 Å². The number of hydrogen-bond acceptors (Lipinski definition) is 7. The Morgan fingerprint density at radius 2 is 2.23 bits per heavy atom. The van der Waals surface area contributed by atoms with Crippen molar-refractivity contribution in [2.24, 2.45) is 0 Å². The van der Waals surface area contributed by atoms with Crippen molar-refractivity contribution in [3.05, 3.63) is 58.0 Å². The normalized spacial score (nSPS) is 18.7. The van der Waals surface area contributed by atoms with Crippen molar-refractivity contribution >= 4 is 50.6 Å². The van der Waals surface area contributed by atoms with Crippen LogP contribution in [0.4, 0.5) is 15.9 Å². The molecule has 3 aromatic rings. The Labute approximate surface area is 213 Å². The van der Waals surface area contributed by atoms with Gasteiger partial charge in [0.25, 0.3) is 0 Å². The topological polar surface area (TPSA) is 64.6 Å². The van der Waals surface area contributed by atoms with Gasteiger partial charge in [0, 0.05) is 42.3 Å². The third-order valence-corrected chi connectivity index (χ3v) is 8.19. The Morgan fingerprint density at radius 3 is 3.00 bits per heavy atom. The molecule has 1 N–H and O–H groups in total. The van der Waals surface area contributed by atoms with Crippen LogP contribution in [0.2, 0.25) is 5.02 Å². The summed E-state index contributed by atoms with van der Waals surface area (Å²) in [6.07, 6.45) is 7.10. The second-order valence-electron chi connectivity index (χ2n) is 9.22. The maximum absolute atomic E-state index is 13.5. The van der Waals surface area contributed by atoms with Gasteiger partial charge in [-0.15, -0.1) is 11.3 Å². The molecule has 35 heavy (non-hydrogen) atoms. The minimum Gasteiger partial charge on any atom is -0.340 e. The smallest absolute Gasteiger partial charge is 0.246 e. The molecular formula is C25H28ClFN6OS. The van der Waals surface area contributed by atoms with Gasteiger partial charge in [0.05, 0.1) is 17.0 Å². The van der Waals surface area contributed by atoms with Gasteiger partial charge in [0.1, 0.15) is 22.8 Å². The van der Waals surface area contributed by atoms with Crippen LogP contribution in [-0.2, 0) is 17.8 Å². The van der Waals surface area contributed by atoms with E-state index in [-0.39, 0.29) is 10.9 Å². The lowest BCUT2D eigenvalue weighted by Crippen LogP contribution is -2.35. The standard InChI is InChI=1S/C25H28ClFN6OS/c1-31-10-7-17(13-31)32(2)9-3-4-22(34)33-11-8-18-21(14-33)35-25-23(18)24(28-15-29-25)30-16-5-6-20(27)19(26)12-16/h3-6,12,15,17H,7-11,13-14H2,1-2H3,(H,28,29,30). The highest BCUT2D eigenvalue weighted by Gasteiger charge is 2.26. The van der Waals surface area contributed by atoms with Crippen molar-refractivity contribution in [2.45, 2.75) is 25.4 Å². The van der Waals surface area contributed by atoms with Gasteiger partial charge in [-0.2, -0.15) is 0 Å². The molecule has 5 rings (SSSR count). The largest absolute Gasteiger partial charge is 0.340 e. The quantitative estimate of drug-likeness (QED) is 0.495. The van der Waals surface area contributed by atoms with Crippen molar-refractivity contribution in [1.82, 2.24) is 24.7 Å². The summed E-state index contributed by atoms with van der Waals surface area (Å²) in [6.45, 7) is 4.17. The molecule has 1 amide bonds. The van der Waals surface area contributed by atoms with Gasteiger partial charge in [0.2, 0.25) is 5.91 Å². The number of aromatic nitrogens is 2. The summed E-state index contributed by atoms with van der Waals surface area (Å²) in [4.78, 5) is 30.3. The average molecular weight is 515 g/mol. The minimum absolute atomic E-state index is 0.0374. The van der Waals surface area contributed by atoms with Gasteiger partial charge in [-0.1, -0.05) is 17.7 Å². The van der Waals surface area contributed by atoms with Crippen LogP contribution >= 0.6 is 22.9 Å². The number of thiophene rings is 1. The monoisotopic (exact) mass is 514 g/mol. The number of nitrogens with zero attached hydrogens (tertiary/aromatic N) is 5. The molecule has 2 aliphatic heterocycles. The molecule has 1 fully saturated rings. The number of nitrogens with one attached hydrogen (secondary N) is 1. The highest BCUT2D eigenvalue weighted by atomic mass is 35.5. The fraction of sp³-hybridized carbons (Fsp3) is 0.400. The van der Waals surface area contributed by atoms with Crippen LogP contribution in [-0.4, -0.2) is 76.9 Å². The lowest BCUT2D eigenvalue weighted by atomic mass is 10.0. The zero-order valence-corrected chi connectivity index (χ0v) is 21.4. The number of likely N-dealkylation sites (N-methyl/N-ethyl adjacent to an activating group) is 2. The molecular weight excluding hydrogens is 487 g/mol. The summed E-state index contributed by atoms with van der Waals surface area (Å²) in [7, 11) is 4.27. The summed E-state index contributed by atoms with van der Waals surface area (Å²) in [5.41, 5.74) is 1.82. The Bertz CT molecular complexity index is 1280. The molecule has 4 heterocycles. The summed E-state index contributed by atoms with van der Waals surface area (Å²) in [6, 6.07) is 5.04. The number of anilines is 2. The number of carbonyl (C=O) groups is 1. The van der Waals surface area contributed by atoms with Crippen LogP contribution in [0.15, 0.2) is 36.7 Å². The first-order valence-electron chi connectivity index (χ1n) is 11.7. The van der Waals surface area contributed by atoms with E-state index in [1.165, 1.54) is 24.4 Å². The lowest BCUT2D eigenvalue weighted by molar-refractivity contribution is -0.126. The molecule has 10 heteroatoms. The number of hydrogen-bond donors (Lipinski definition) is 1. The highest BCUT2D eigenvalue weighted by Crippen LogP contribution is 2.38. The van der Waals surface area contributed by atoms with Crippen molar-refractivity contribution in [2.75, 3.05) is 45.6 Å². The summed E-state index contributed by atoms with van der Waals surface area (Å²) < 4.78 is 13.5. The van der Waals surface area contributed by atoms with Crippen molar-refractivity contribution < 1.29 is 9.18 Å². The van der Waals surface area contributed by atoms with Crippen LogP contribution in [0, 0.1) is 5.82 Å². The van der Waals surface area contributed by atoms with E-state index in [2.05, 4.69) is 39.2 Å². The Kier molecular flexibility index (Phi) is 7.02. The van der Waals surface area contributed by atoms with Crippen LogP contribution in [0.1, 0.15) is 16.9 Å². The molecule has 7 nitrogen and oxygen atoms in total. The summed E-state index contributed by atoms with van der Waals surface area (Å²) in [5.74, 6) is 0.237. The molecule has 0 spiro atoms. The maximum atomic E-state index is 13.5. The zero-order chi connectivity index (χ0) is 24.5. The Balaban J connectivity index is 1.27. The number of benzene rings is 1. The van der Waals surface area contributed by atoms with E-state index in [1.807, 2.05) is 11.0 Å². The third-order valence-electron chi connectivity index (χ3n) is 6.77. The van der Waals surface area contributed by atoms with Gasteiger partial charge in [-0.05, 0) is 57.2 Å². The fourth-order valence-corrected chi connectivity index (χ4v) is 6.15. The van der Waals surface area contributed by atoms with Gasteiger partial charge < -0.3 is 15.1 Å². The van der Waals surface area contributed by atoms with E-state index in [0.717, 1.165) is 41.1 Å². The molecule has 1 saturated heterocycles. The number of carbonyl (C=O) groups excluding carboxylic acids is 1. The average Bonchev–Trinajstić information content (AvgIpc) is 3.44. The molecule has 0 radical (unpaired) electrons. The predicted molar refractivity (Wildman–Crippen MR) is 139 cm³/mol. The molecule has 2 aliphatic rings. The first-order chi connectivity index (χ1) is 16.9. The molecule has 2 aromatic heterocycles. The maximum Gasteiger partial charge on any atom is 0.246 e. The first kappa shape index (κ1) is 24.1. The van der Waals surface area contributed by atoms with E-state index in [0.29, 0.717) is 30.6 Å². The number of halogens is 2. The van der Waals surface area contributed by atoms with Crippen LogP contribution in [0.3, 0.4) is 0 Å². The number of rotatable bonds is 6. The van der Waals surface area contributed by atoms with Gasteiger partial charge >= 0.3 is 0 Å². The number of amides is 1. The van der Waals surface area contributed by atoms with E-state index < -0.39 is 5.82 Å². The first-order valence-corrected chi connectivity index (χ1v) is 12.9. The predicted octanol–water partition coefficient (Wildman–Crippen LogP) is 4.30. The minimum atomic E-state index is -0.463. The molecule has 0 aliphatic carbocycles. The van der Waals surface area contributed by atoms with E-state index in [4.69, 9.17) is 11.6 Å². The molecule has 0 saturated carbocycles. The van der Waals surface area contributed by atoms with Gasteiger partial charge in [0.15, 0.2) is 0 Å². The van der Waals surface area contributed by atoms with E-state index in [1.54, 1.807) is 29.5 Å². The van der Waals surface area contributed by atoms with Crippen molar-refractivity contribution in [3.63, 3.8) is 0 Å². The van der Waals surface area contributed by atoms with Crippen molar-refractivity contribution in [1.29, 1.82) is 0 Å². The highest BCUT2D eigenvalue weighted by molar-refractivity contribution is 7.19. The van der Waals surface area contributed by atoms with Crippen LogP contribution < -0.4 is 5.32 Å². The Morgan fingerprint density at radius 1 is 1.37 bits per heavy atom. The second kappa shape index (κ2) is 10.2. The molecule has 1 aromatic carbocycles. The van der Waals surface area contributed by atoms with Gasteiger partial charge in [-0.25, -0.2) is 14.4 Å². The molecule has 1 unspecified atom stereocenters. The Hall–Kier alpha value is -2.59. The fourth-order valence-electron chi connectivity index (χ4n) is 4.77. The van der Waals surface area contributed by atoms with Crippen LogP contribution in [0.5, 0.6) is 0 Å². The zero-order valence-electron chi connectivity index (χ0n) is 19.8. The molecule has 184 valence electrons. The second-order valence-corrected chi connectivity index (χ2v) is 10.7. The van der Waals surface area contributed by atoms with Crippen molar-refractivity contribution in [3.8, 4) is 0 Å². The van der Waals surface area contributed by atoms with Gasteiger partial charge in [-0.3, -0.25) is 9.69 Å². The van der Waals surface area contributed by atoms with E-state index in [9.17, 15) is 9.18 Å². The molecule has 0 bridgehead atoms. The van der Waals surface area contributed by atoms with Crippen LogP contribution in [0.25, 0.3) is 10.2 Å². The third kappa shape index (κ3) is 5.18. The number of fused-ring (bicyclic) bond motifs is 3. The molecule has 1 atom stereocenters. The lowest BCUT2D eigenvalue weighted by Gasteiger charge is -2.26. The summed E-state index contributed by atoms with van der Waals surface area (Å²) >= 11 is 7.53.